The van der Waals surface area contributed by atoms with Gasteiger partial charge in [0, 0.05) is 35.1 Å². The van der Waals surface area contributed by atoms with Gasteiger partial charge in [0.15, 0.2) is 11.6 Å². The Bertz CT molecular complexity index is 1320. The number of nitrogens with one attached hydrogen (secondary N) is 2. The molecule has 10 nitrogen and oxygen atoms in total. The molecule has 4 aromatic rings. The maximum atomic E-state index is 12.3. The van der Waals surface area contributed by atoms with Crippen molar-refractivity contribution >= 4 is 12.3 Å². The maximum Gasteiger partial charge on any atom is 0.343 e. The number of ketones is 1. The molecule has 0 atom stereocenters. The minimum atomic E-state index is -0.250. The molecule has 0 spiro atoms. The first-order chi connectivity index (χ1) is 15.5. The number of carbonyl (C=O) groups is 2. The summed E-state index contributed by atoms with van der Waals surface area (Å²) < 4.78 is 1.67. The van der Waals surface area contributed by atoms with Crippen molar-refractivity contribution in [3.63, 3.8) is 0 Å². The van der Waals surface area contributed by atoms with Gasteiger partial charge in [-0.25, -0.2) is 14.9 Å². The average molecular weight is 432 g/mol. The van der Waals surface area contributed by atoms with E-state index in [9.17, 15) is 9.59 Å². The Balaban J connectivity index is 0.000000775. The number of nitrogens with zero attached hydrogens (tertiary/aromatic N) is 4. The van der Waals surface area contributed by atoms with Crippen LogP contribution in [0.3, 0.4) is 0 Å². The van der Waals surface area contributed by atoms with Gasteiger partial charge in [-0.15, -0.1) is 0 Å². The Morgan fingerprint density at radius 3 is 2.56 bits per heavy atom. The van der Waals surface area contributed by atoms with Crippen LogP contribution in [0.1, 0.15) is 36.2 Å². The van der Waals surface area contributed by atoms with E-state index in [1.807, 2.05) is 30.3 Å². The second-order valence-corrected chi connectivity index (χ2v) is 7.25. The van der Waals surface area contributed by atoms with Crippen molar-refractivity contribution in [3.8, 4) is 34.2 Å². The van der Waals surface area contributed by atoms with Crippen LogP contribution in [0.5, 0.6) is 0 Å². The Hall–Kier alpha value is -4.34. The van der Waals surface area contributed by atoms with Gasteiger partial charge >= 0.3 is 5.69 Å². The first-order valence-corrected chi connectivity index (χ1v) is 9.90. The number of pyridine rings is 1. The van der Waals surface area contributed by atoms with Crippen LogP contribution < -0.4 is 5.69 Å². The smallest absolute Gasteiger partial charge is 0.343 e. The van der Waals surface area contributed by atoms with Crippen LogP contribution in [0, 0.1) is 0 Å². The van der Waals surface area contributed by atoms with Crippen LogP contribution in [-0.2, 0) is 4.79 Å². The quantitative estimate of drug-likeness (QED) is 0.324. The molecule has 0 saturated heterocycles. The van der Waals surface area contributed by atoms with Crippen molar-refractivity contribution < 1.29 is 14.7 Å². The summed E-state index contributed by atoms with van der Waals surface area (Å²) >= 11 is 0. The van der Waals surface area contributed by atoms with E-state index in [0.29, 0.717) is 34.2 Å². The summed E-state index contributed by atoms with van der Waals surface area (Å²) in [6.45, 7) is 1.25. The Labute approximate surface area is 182 Å². The number of aromatic nitrogens is 6. The van der Waals surface area contributed by atoms with Gasteiger partial charge in [-0.2, -0.15) is 5.10 Å². The fraction of sp³-hybridized carbons (Fsp3) is 0.182. The largest absolute Gasteiger partial charge is 0.483 e. The summed E-state index contributed by atoms with van der Waals surface area (Å²) in [5.74, 6) is 1.09. The minimum Gasteiger partial charge on any atom is -0.483 e. The molecule has 1 fully saturated rings. The van der Waals surface area contributed by atoms with E-state index < -0.39 is 0 Å². The monoisotopic (exact) mass is 432 g/mol. The molecule has 1 aromatic carbocycles. The number of Topliss-reactive ketones (excluding diaryl/α,β-unsaturated/α-hetero) is 1. The van der Waals surface area contributed by atoms with Crippen molar-refractivity contribution in [1.29, 1.82) is 0 Å². The van der Waals surface area contributed by atoms with Gasteiger partial charge < -0.3 is 10.1 Å². The zero-order valence-electron chi connectivity index (χ0n) is 17.1. The Kier molecular flexibility index (Phi) is 5.75. The molecule has 5 rings (SSSR count). The average Bonchev–Trinajstić information content (AvgIpc) is 3.42. The van der Waals surface area contributed by atoms with E-state index in [0.717, 1.165) is 18.4 Å². The normalized spacial score (nSPS) is 12.7. The summed E-state index contributed by atoms with van der Waals surface area (Å²) in [6.07, 6.45) is 5.09. The van der Waals surface area contributed by atoms with E-state index in [4.69, 9.17) is 14.9 Å². The summed E-state index contributed by atoms with van der Waals surface area (Å²) in [5.41, 5.74) is 3.08. The Morgan fingerprint density at radius 2 is 1.91 bits per heavy atom. The van der Waals surface area contributed by atoms with Gasteiger partial charge in [-0.05, 0) is 25.8 Å². The number of hydrogen-bond donors (Lipinski definition) is 3. The topological polar surface area (TPSA) is 147 Å². The lowest BCUT2D eigenvalue weighted by molar-refractivity contribution is -0.122. The molecule has 3 N–H and O–H groups in total. The zero-order chi connectivity index (χ0) is 22.7. The first kappa shape index (κ1) is 20.9. The van der Waals surface area contributed by atoms with E-state index in [1.54, 1.807) is 16.8 Å². The Morgan fingerprint density at radius 1 is 1.19 bits per heavy atom. The lowest BCUT2D eigenvalue weighted by atomic mass is 10.1. The predicted octanol–water partition coefficient (Wildman–Crippen LogP) is 2.93. The molecule has 32 heavy (non-hydrogen) atoms. The predicted molar refractivity (Wildman–Crippen MR) is 116 cm³/mol. The number of imidazole rings is 1. The molecule has 10 heteroatoms. The number of carboxylic acid groups (broad SMARTS) is 1. The number of carbonyl (C=O) groups excluding carboxylic acids is 1. The molecule has 3 aromatic heterocycles. The van der Waals surface area contributed by atoms with Crippen LogP contribution in [0.25, 0.3) is 34.2 Å². The van der Waals surface area contributed by atoms with Gasteiger partial charge in [-0.3, -0.25) is 19.1 Å². The lowest BCUT2D eigenvalue weighted by Gasteiger charge is -2.05. The third kappa shape index (κ3) is 4.10. The number of hydrogen-bond acceptors (Lipinski definition) is 6. The number of rotatable bonds is 5. The molecule has 1 saturated carbocycles. The van der Waals surface area contributed by atoms with Crippen molar-refractivity contribution in [2.75, 3.05) is 0 Å². The van der Waals surface area contributed by atoms with Crippen LogP contribution in [0.15, 0.2) is 53.6 Å². The van der Waals surface area contributed by atoms with Gasteiger partial charge in [-0.1, -0.05) is 30.3 Å². The number of aromatic amines is 2. The molecular formula is C22H20N6O4. The highest BCUT2D eigenvalue weighted by Gasteiger charge is 2.31. The third-order valence-corrected chi connectivity index (χ3v) is 5.01. The summed E-state index contributed by atoms with van der Waals surface area (Å²) in [7, 11) is 0. The number of benzene rings is 1. The molecule has 0 aliphatic heterocycles. The van der Waals surface area contributed by atoms with Gasteiger partial charge in [0.05, 0.1) is 0 Å². The molecule has 0 amide bonds. The molecule has 1 aliphatic rings. The molecule has 0 bridgehead atoms. The van der Waals surface area contributed by atoms with Crippen LogP contribution in [0.2, 0.25) is 0 Å². The van der Waals surface area contributed by atoms with E-state index >= 15 is 0 Å². The molecule has 0 unspecified atom stereocenters. The van der Waals surface area contributed by atoms with E-state index in [2.05, 4.69) is 20.2 Å². The highest BCUT2D eigenvalue weighted by atomic mass is 16.3. The zero-order valence-corrected chi connectivity index (χ0v) is 17.1. The third-order valence-electron chi connectivity index (χ3n) is 5.01. The standard InChI is InChI=1S/C21H18N6O2.CH2O2/c1-12(28)14-9-15(11-22-10-14)17-18(20-25-26-21(29)27(20)16-7-8-16)24-19(23-17)13-5-3-2-4-6-13;2-1-3/h2-6,9-11,16H,7-8H2,1H3,(H,23,24)(H,26,29);1H,(H,2,3). The number of H-pyrrole nitrogens is 2. The van der Waals surface area contributed by atoms with Crippen LogP contribution in [-0.4, -0.2) is 47.1 Å². The van der Waals surface area contributed by atoms with Gasteiger partial charge in [0.2, 0.25) is 0 Å². The van der Waals surface area contributed by atoms with Crippen molar-refractivity contribution in [3.05, 3.63) is 64.8 Å². The molecular weight excluding hydrogens is 412 g/mol. The van der Waals surface area contributed by atoms with Crippen LogP contribution in [0.4, 0.5) is 0 Å². The highest BCUT2D eigenvalue weighted by molar-refractivity contribution is 5.95. The van der Waals surface area contributed by atoms with Gasteiger partial charge in [0.25, 0.3) is 6.47 Å². The summed E-state index contributed by atoms with van der Waals surface area (Å²) in [6, 6.07) is 11.6. The fourth-order valence-corrected chi connectivity index (χ4v) is 3.39. The molecule has 0 radical (unpaired) electrons. The molecule has 162 valence electrons. The maximum absolute atomic E-state index is 12.3. The minimum absolute atomic E-state index is 0.0747. The fourth-order valence-electron chi connectivity index (χ4n) is 3.39. The second-order valence-electron chi connectivity index (χ2n) is 7.25. The lowest BCUT2D eigenvalue weighted by Crippen LogP contribution is -2.16. The highest BCUT2D eigenvalue weighted by Crippen LogP contribution is 2.38. The molecule has 1 aliphatic carbocycles. The second kappa shape index (κ2) is 8.80. The van der Waals surface area contributed by atoms with Gasteiger partial charge in [0.1, 0.15) is 17.2 Å². The van der Waals surface area contributed by atoms with Crippen molar-refractivity contribution in [1.82, 2.24) is 29.7 Å². The summed E-state index contributed by atoms with van der Waals surface area (Å²) in [4.78, 5) is 44.8. The van der Waals surface area contributed by atoms with E-state index in [1.165, 1.54) is 13.1 Å². The van der Waals surface area contributed by atoms with Crippen molar-refractivity contribution in [2.45, 2.75) is 25.8 Å². The van der Waals surface area contributed by atoms with Crippen LogP contribution >= 0.6 is 0 Å². The van der Waals surface area contributed by atoms with Crippen molar-refractivity contribution in [2.24, 2.45) is 0 Å². The first-order valence-electron chi connectivity index (χ1n) is 9.90. The van der Waals surface area contributed by atoms with E-state index in [-0.39, 0.29) is 24.0 Å². The SMILES string of the molecule is CC(=O)c1cncc(-c2nc(-c3ccccc3)[nH]c2-c2n[nH]c(=O)n2C2CC2)c1.O=CO. The molecule has 3 heterocycles. The summed E-state index contributed by atoms with van der Waals surface area (Å²) in [5, 5.41) is 13.7.